The molecule has 1 N–H and O–H groups in total. The van der Waals surface area contributed by atoms with Crippen molar-refractivity contribution in [2.75, 3.05) is 0 Å². The highest BCUT2D eigenvalue weighted by Crippen LogP contribution is 2.29. The topological polar surface area (TPSA) is 80.9 Å². The number of phenolic OH excluding ortho intramolecular Hbond substituents is 1. The van der Waals surface area contributed by atoms with Gasteiger partial charge in [0.15, 0.2) is 5.78 Å². The number of hydrogen-bond donors (Lipinski definition) is 1. The number of nitrogens with zero attached hydrogens (tertiary/aromatic N) is 4. The Hall–Kier alpha value is -2.67. The van der Waals surface area contributed by atoms with E-state index < -0.39 is 0 Å². The summed E-state index contributed by atoms with van der Waals surface area (Å²) in [4.78, 5) is 12.0. The summed E-state index contributed by atoms with van der Waals surface area (Å²) in [6.45, 7) is 7.63. The molecule has 7 heteroatoms. The van der Waals surface area contributed by atoms with Crippen LogP contribution in [0.25, 0.3) is 5.69 Å². The van der Waals surface area contributed by atoms with Crippen molar-refractivity contribution in [3.8, 4) is 11.4 Å². The van der Waals surface area contributed by atoms with Crippen molar-refractivity contribution < 1.29 is 9.90 Å². The van der Waals surface area contributed by atoms with Crippen LogP contribution in [0, 0.1) is 20.8 Å². The number of thioether (sulfide) groups is 1. The maximum Gasteiger partial charge on any atom is 0.214 e. The first-order valence-corrected chi connectivity index (χ1v) is 9.18. The molecule has 6 nitrogen and oxygen atoms in total. The van der Waals surface area contributed by atoms with Gasteiger partial charge in [-0.15, -0.1) is 5.10 Å². The lowest BCUT2D eigenvalue weighted by molar-refractivity contribution is 0.101. The summed E-state index contributed by atoms with van der Waals surface area (Å²) < 4.78 is 1.63. The van der Waals surface area contributed by atoms with Gasteiger partial charge in [-0.1, -0.05) is 17.8 Å². The molecule has 0 saturated heterocycles. The lowest BCUT2D eigenvalue weighted by atomic mass is 9.92. The first-order valence-electron chi connectivity index (χ1n) is 8.19. The molecule has 1 heterocycles. The zero-order valence-electron chi connectivity index (χ0n) is 15.1. The Labute approximate surface area is 156 Å². The Morgan fingerprint density at radius 2 is 1.85 bits per heavy atom. The zero-order chi connectivity index (χ0) is 18.8. The summed E-state index contributed by atoms with van der Waals surface area (Å²) in [5.74, 6) is 0.940. The van der Waals surface area contributed by atoms with Crippen LogP contribution in [0.4, 0.5) is 0 Å². The Bertz CT molecular complexity index is 964. The van der Waals surface area contributed by atoms with Gasteiger partial charge in [0.25, 0.3) is 0 Å². The second-order valence-corrected chi connectivity index (χ2v) is 7.17. The summed E-state index contributed by atoms with van der Waals surface area (Å²) in [5, 5.41) is 22.0. The number of aromatic nitrogens is 4. The highest BCUT2D eigenvalue weighted by atomic mass is 32.2. The van der Waals surface area contributed by atoms with Crippen LogP contribution in [0.5, 0.6) is 5.75 Å². The predicted octanol–water partition coefficient (Wildman–Crippen LogP) is 3.79. The number of carbonyl (C=O) groups excluding carboxylic acids is 1. The van der Waals surface area contributed by atoms with Gasteiger partial charge in [-0.3, -0.25) is 4.79 Å². The van der Waals surface area contributed by atoms with Gasteiger partial charge >= 0.3 is 0 Å². The summed E-state index contributed by atoms with van der Waals surface area (Å²) >= 11 is 1.51. The SMILES string of the molecule is CC(=O)c1c(C)cc(C)c(CSc2nnnn2-c2ccc(O)cc2)c1C. The average molecular weight is 368 g/mol. The highest BCUT2D eigenvalue weighted by Gasteiger charge is 2.16. The fourth-order valence-corrected chi connectivity index (χ4v) is 4.23. The maximum atomic E-state index is 12.0. The Kier molecular flexibility index (Phi) is 5.08. The minimum absolute atomic E-state index is 0.0835. The van der Waals surface area contributed by atoms with Crippen molar-refractivity contribution in [3.63, 3.8) is 0 Å². The average Bonchev–Trinajstić information content (AvgIpc) is 3.03. The quantitative estimate of drug-likeness (QED) is 0.545. The fraction of sp³-hybridized carbons (Fsp3) is 0.263. The molecule has 0 spiro atoms. The lowest BCUT2D eigenvalue weighted by Crippen LogP contribution is -2.06. The van der Waals surface area contributed by atoms with Crippen LogP contribution >= 0.6 is 11.8 Å². The standard InChI is InChI=1S/C19H20N4O2S/c1-11-9-12(2)18(14(4)24)13(3)17(11)10-26-19-20-21-22-23(19)15-5-7-16(25)8-6-15/h5-9,25H,10H2,1-4H3. The van der Waals surface area contributed by atoms with Crippen LogP contribution in [0.15, 0.2) is 35.5 Å². The minimum atomic E-state index is 0.0835. The number of benzene rings is 2. The molecule has 0 aliphatic heterocycles. The summed E-state index contributed by atoms with van der Waals surface area (Å²) in [6, 6.07) is 8.76. The van der Waals surface area contributed by atoms with E-state index in [9.17, 15) is 9.90 Å². The molecule has 2 aromatic carbocycles. The van der Waals surface area contributed by atoms with E-state index in [1.165, 1.54) is 11.8 Å². The van der Waals surface area contributed by atoms with Crippen LogP contribution in [0.2, 0.25) is 0 Å². The summed E-state index contributed by atoms with van der Waals surface area (Å²) in [6.07, 6.45) is 0. The van der Waals surface area contributed by atoms with E-state index in [-0.39, 0.29) is 11.5 Å². The third-order valence-electron chi connectivity index (χ3n) is 4.36. The van der Waals surface area contributed by atoms with Crippen molar-refractivity contribution in [2.45, 2.75) is 38.6 Å². The number of tetrazole rings is 1. The van der Waals surface area contributed by atoms with Gasteiger partial charge in [0.2, 0.25) is 5.16 Å². The molecule has 0 aliphatic carbocycles. The smallest absolute Gasteiger partial charge is 0.214 e. The van der Waals surface area contributed by atoms with Gasteiger partial charge in [0.05, 0.1) is 5.69 Å². The molecular formula is C19H20N4O2S. The number of hydrogen-bond acceptors (Lipinski definition) is 6. The number of phenols is 1. The summed E-state index contributed by atoms with van der Waals surface area (Å²) in [7, 11) is 0. The maximum absolute atomic E-state index is 12.0. The van der Waals surface area contributed by atoms with Gasteiger partial charge in [-0.05, 0) is 84.6 Å². The number of aromatic hydroxyl groups is 1. The number of Topliss-reactive ketones (excluding diaryl/α,β-unsaturated/α-hetero) is 1. The van der Waals surface area contributed by atoms with Crippen molar-refractivity contribution >= 4 is 17.5 Å². The Balaban J connectivity index is 1.89. The second-order valence-electron chi connectivity index (χ2n) is 6.22. The molecule has 1 aromatic heterocycles. The van der Waals surface area contributed by atoms with Gasteiger partial charge in [0.1, 0.15) is 5.75 Å². The first kappa shape index (κ1) is 18.1. The number of carbonyl (C=O) groups is 1. The van der Waals surface area contributed by atoms with E-state index in [4.69, 9.17) is 0 Å². The molecule has 26 heavy (non-hydrogen) atoms. The Morgan fingerprint density at radius 3 is 2.50 bits per heavy atom. The molecule has 0 fully saturated rings. The molecule has 0 atom stereocenters. The van der Waals surface area contributed by atoms with Crippen LogP contribution in [-0.2, 0) is 5.75 Å². The predicted molar refractivity (Wildman–Crippen MR) is 101 cm³/mol. The number of rotatable bonds is 5. The molecular weight excluding hydrogens is 348 g/mol. The van der Waals surface area contributed by atoms with E-state index in [2.05, 4.69) is 28.5 Å². The monoisotopic (exact) mass is 368 g/mol. The first-order chi connectivity index (χ1) is 12.4. The van der Waals surface area contributed by atoms with Gasteiger partial charge < -0.3 is 5.11 Å². The van der Waals surface area contributed by atoms with Crippen LogP contribution in [-0.4, -0.2) is 31.1 Å². The normalized spacial score (nSPS) is 10.9. The Morgan fingerprint density at radius 1 is 1.15 bits per heavy atom. The third-order valence-corrected chi connectivity index (χ3v) is 5.31. The molecule has 0 bridgehead atoms. The lowest BCUT2D eigenvalue weighted by Gasteiger charge is -2.15. The van der Waals surface area contributed by atoms with Gasteiger partial charge in [0, 0.05) is 11.3 Å². The molecule has 0 amide bonds. The number of aryl methyl sites for hydroxylation is 2. The van der Waals surface area contributed by atoms with Crippen LogP contribution in [0.3, 0.4) is 0 Å². The minimum Gasteiger partial charge on any atom is -0.508 e. The van der Waals surface area contributed by atoms with E-state index in [0.29, 0.717) is 10.9 Å². The van der Waals surface area contributed by atoms with E-state index in [1.54, 1.807) is 35.9 Å². The largest absolute Gasteiger partial charge is 0.508 e. The molecule has 3 rings (SSSR count). The molecule has 3 aromatic rings. The molecule has 134 valence electrons. The van der Waals surface area contributed by atoms with Gasteiger partial charge in [-0.2, -0.15) is 4.68 Å². The molecule has 0 unspecified atom stereocenters. The fourth-order valence-electron chi connectivity index (χ4n) is 3.15. The van der Waals surface area contributed by atoms with E-state index in [0.717, 1.165) is 33.5 Å². The van der Waals surface area contributed by atoms with E-state index >= 15 is 0 Å². The van der Waals surface area contributed by atoms with Crippen molar-refractivity contribution in [3.05, 3.63) is 58.1 Å². The number of ketones is 1. The molecule has 0 radical (unpaired) electrons. The van der Waals surface area contributed by atoms with Crippen LogP contribution < -0.4 is 0 Å². The third kappa shape index (κ3) is 3.48. The summed E-state index contributed by atoms with van der Waals surface area (Å²) in [5.41, 5.74) is 5.88. The van der Waals surface area contributed by atoms with E-state index in [1.807, 2.05) is 13.8 Å². The zero-order valence-corrected chi connectivity index (χ0v) is 16.0. The highest BCUT2D eigenvalue weighted by molar-refractivity contribution is 7.98. The second kappa shape index (κ2) is 7.29. The molecule has 0 aliphatic rings. The molecule has 0 saturated carbocycles. The van der Waals surface area contributed by atoms with Crippen molar-refractivity contribution in [1.82, 2.24) is 20.2 Å². The van der Waals surface area contributed by atoms with Crippen molar-refractivity contribution in [2.24, 2.45) is 0 Å². The van der Waals surface area contributed by atoms with Gasteiger partial charge in [-0.25, -0.2) is 0 Å². The van der Waals surface area contributed by atoms with Crippen LogP contribution in [0.1, 0.15) is 39.5 Å². The van der Waals surface area contributed by atoms with Crippen molar-refractivity contribution in [1.29, 1.82) is 0 Å².